The first-order valence-electron chi connectivity index (χ1n) is 5.22. The molecule has 0 atom stereocenters. The molecule has 2 aromatic rings. The zero-order valence-electron chi connectivity index (χ0n) is 9.15. The van der Waals surface area contributed by atoms with Crippen molar-refractivity contribution in [2.45, 2.75) is 13.0 Å². The smallest absolute Gasteiger partial charge is 0.123 e. The fraction of sp³-hybridized carbons (Fsp3) is 0.250. The average Bonchev–Trinajstić information content (AvgIpc) is 2.76. The summed E-state index contributed by atoms with van der Waals surface area (Å²) in [5.74, 6) is -0.194. The molecule has 1 N–H and O–H groups in total. The monoisotopic (exact) mass is 219 g/mol. The van der Waals surface area contributed by atoms with Crippen LogP contribution in [0.15, 0.2) is 36.7 Å². The number of benzene rings is 1. The normalized spacial score (nSPS) is 10.4. The SMILES string of the molecule is CNc1cnn(CCc2ccc(F)cc2)c1. The number of nitrogens with one attached hydrogen (secondary N) is 1. The summed E-state index contributed by atoms with van der Waals surface area (Å²) in [4.78, 5) is 0. The Labute approximate surface area is 93.9 Å². The van der Waals surface area contributed by atoms with Crippen molar-refractivity contribution in [1.82, 2.24) is 9.78 Å². The van der Waals surface area contributed by atoms with Gasteiger partial charge in [-0.2, -0.15) is 5.10 Å². The molecular weight excluding hydrogens is 205 g/mol. The highest BCUT2D eigenvalue weighted by Crippen LogP contribution is 2.07. The van der Waals surface area contributed by atoms with Crippen LogP contribution in [0, 0.1) is 5.82 Å². The van der Waals surface area contributed by atoms with E-state index in [1.807, 2.05) is 17.9 Å². The highest BCUT2D eigenvalue weighted by Gasteiger charge is 1.98. The number of nitrogens with zero attached hydrogens (tertiary/aromatic N) is 2. The minimum Gasteiger partial charge on any atom is -0.386 e. The molecule has 0 spiro atoms. The highest BCUT2D eigenvalue weighted by molar-refractivity contribution is 5.36. The third kappa shape index (κ3) is 2.59. The third-order valence-electron chi connectivity index (χ3n) is 2.46. The van der Waals surface area contributed by atoms with Gasteiger partial charge in [-0.25, -0.2) is 4.39 Å². The van der Waals surface area contributed by atoms with Crippen LogP contribution in [0.2, 0.25) is 0 Å². The van der Waals surface area contributed by atoms with Gasteiger partial charge in [-0.15, -0.1) is 0 Å². The first-order chi connectivity index (χ1) is 7.78. The van der Waals surface area contributed by atoms with Gasteiger partial charge in [-0.05, 0) is 24.1 Å². The van der Waals surface area contributed by atoms with Gasteiger partial charge in [0.25, 0.3) is 0 Å². The van der Waals surface area contributed by atoms with Gasteiger partial charge in [0.1, 0.15) is 5.82 Å². The highest BCUT2D eigenvalue weighted by atomic mass is 19.1. The van der Waals surface area contributed by atoms with Gasteiger partial charge >= 0.3 is 0 Å². The van der Waals surface area contributed by atoms with E-state index in [1.54, 1.807) is 18.3 Å². The van der Waals surface area contributed by atoms with Crippen molar-refractivity contribution < 1.29 is 4.39 Å². The molecule has 0 saturated heterocycles. The summed E-state index contributed by atoms with van der Waals surface area (Å²) in [6.45, 7) is 0.799. The molecule has 1 aromatic heterocycles. The summed E-state index contributed by atoms with van der Waals surface area (Å²) < 4.78 is 14.5. The lowest BCUT2D eigenvalue weighted by Gasteiger charge is -2.01. The maximum atomic E-state index is 12.7. The standard InChI is InChI=1S/C12H14FN3/c1-14-12-8-15-16(9-12)7-6-10-2-4-11(13)5-3-10/h2-5,8-9,14H,6-7H2,1H3. The molecule has 4 heteroatoms. The predicted octanol–water partition coefficient (Wildman–Crippen LogP) is 2.31. The summed E-state index contributed by atoms with van der Waals surface area (Å²) in [5.41, 5.74) is 2.11. The molecule has 84 valence electrons. The molecule has 0 aliphatic rings. The van der Waals surface area contributed by atoms with E-state index in [4.69, 9.17) is 0 Å². The van der Waals surface area contributed by atoms with Crippen LogP contribution in [0.1, 0.15) is 5.56 Å². The zero-order valence-corrected chi connectivity index (χ0v) is 9.15. The van der Waals surface area contributed by atoms with Crippen molar-refractivity contribution in [2.24, 2.45) is 0 Å². The van der Waals surface area contributed by atoms with Gasteiger partial charge in [-0.1, -0.05) is 12.1 Å². The van der Waals surface area contributed by atoms with Crippen LogP contribution in [-0.4, -0.2) is 16.8 Å². The Bertz CT molecular complexity index is 448. The number of halogens is 1. The van der Waals surface area contributed by atoms with Crippen molar-refractivity contribution in [2.75, 3.05) is 12.4 Å². The Hall–Kier alpha value is -1.84. The fourth-order valence-electron chi connectivity index (χ4n) is 1.51. The summed E-state index contributed by atoms with van der Waals surface area (Å²) in [6, 6.07) is 6.57. The van der Waals surface area contributed by atoms with E-state index in [9.17, 15) is 4.39 Å². The largest absolute Gasteiger partial charge is 0.386 e. The second kappa shape index (κ2) is 4.79. The molecule has 2 rings (SSSR count). The Morgan fingerprint density at radius 2 is 2.06 bits per heavy atom. The number of aromatic nitrogens is 2. The third-order valence-corrected chi connectivity index (χ3v) is 2.46. The van der Waals surface area contributed by atoms with Crippen LogP contribution in [0.3, 0.4) is 0 Å². The Kier molecular flexibility index (Phi) is 3.19. The van der Waals surface area contributed by atoms with Gasteiger partial charge in [-0.3, -0.25) is 4.68 Å². The van der Waals surface area contributed by atoms with Gasteiger partial charge in [0.15, 0.2) is 0 Å². The average molecular weight is 219 g/mol. The molecule has 0 saturated carbocycles. The molecule has 16 heavy (non-hydrogen) atoms. The quantitative estimate of drug-likeness (QED) is 0.855. The number of hydrogen-bond donors (Lipinski definition) is 1. The number of hydrogen-bond acceptors (Lipinski definition) is 2. The molecule has 0 fully saturated rings. The number of anilines is 1. The second-order valence-corrected chi connectivity index (χ2v) is 3.62. The van der Waals surface area contributed by atoms with E-state index < -0.39 is 0 Å². The summed E-state index contributed by atoms with van der Waals surface area (Å²) in [6.07, 6.45) is 4.58. The molecule has 1 aromatic carbocycles. The molecule has 0 bridgehead atoms. The Morgan fingerprint density at radius 1 is 1.31 bits per heavy atom. The maximum absolute atomic E-state index is 12.7. The topological polar surface area (TPSA) is 29.9 Å². The van der Waals surface area contributed by atoms with Crippen molar-refractivity contribution in [3.63, 3.8) is 0 Å². The van der Waals surface area contributed by atoms with E-state index >= 15 is 0 Å². The van der Waals surface area contributed by atoms with Crippen LogP contribution < -0.4 is 5.32 Å². The van der Waals surface area contributed by atoms with Gasteiger partial charge in [0.2, 0.25) is 0 Å². The van der Waals surface area contributed by atoms with Crippen molar-refractivity contribution in [3.8, 4) is 0 Å². The number of aryl methyl sites for hydroxylation is 2. The lowest BCUT2D eigenvalue weighted by atomic mass is 10.1. The van der Waals surface area contributed by atoms with Crippen molar-refractivity contribution in [1.29, 1.82) is 0 Å². The predicted molar refractivity (Wildman–Crippen MR) is 61.9 cm³/mol. The lowest BCUT2D eigenvalue weighted by Crippen LogP contribution is -2.01. The summed E-state index contributed by atoms with van der Waals surface area (Å²) >= 11 is 0. The Morgan fingerprint density at radius 3 is 2.69 bits per heavy atom. The molecule has 3 nitrogen and oxygen atoms in total. The minimum atomic E-state index is -0.194. The maximum Gasteiger partial charge on any atom is 0.123 e. The number of rotatable bonds is 4. The van der Waals surface area contributed by atoms with Crippen molar-refractivity contribution in [3.05, 3.63) is 48.0 Å². The summed E-state index contributed by atoms with van der Waals surface area (Å²) in [7, 11) is 1.86. The van der Waals surface area contributed by atoms with Crippen LogP contribution in [0.5, 0.6) is 0 Å². The first kappa shape index (κ1) is 10.7. The molecule has 0 amide bonds. The van der Waals surface area contributed by atoms with Crippen LogP contribution in [0.4, 0.5) is 10.1 Å². The van der Waals surface area contributed by atoms with Crippen molar-refractivity contribution >= 4 is 5.69 Å². The van der Waals surface area contributed by atoms with E-state index in [1.165, 1.54) is 12.1 Å². The molecular formula is C12H14FN3. The molecule has 1 heterocycles. The van der Waals surface area contributed by atoms with Gasteiger partial charge in [0, 0.05) is 19.8 Å². The van der Waals surface area contributed by atoms with E-state index in [0.717, 1.165) is 24.2 Å². The fourth-order valence-corrected chi connectivity index (χ4v) is 1.51. The molecule has 0 aliphatic carbocycles. The minimum absolute atomic E-state index is 0.194. The molecule has 0 aliphatic heterocycles. The molecule has 0 unspecified atom stereocenters. The van der Waals surface area contributed by atoms with E-state index in [2.05, 4.69) is 10.4 Å². The van der Waals surface area contributed by atoms with Crippen LogP contribution >= 0.6 is 0 Å². The lowest BCUT2D eigenvalue weighted by molar-refractivity contribution is 0.609. The van der Waals surface area contributed by atoms with Gasteiger partial charge in [0.05, 0.1) is 11.9 Å². The van der Waals surface area contributed by atoms with Crippen LogP contribution in [-0.2, 0) is 13.0 Å². The first-order valence-corrected chi connectivity index (χ1v) is 5.22. The van der Waals surface area contributed by atoms with E-state index in [0.29, 0.717) is 0 Å². The van der Waals surface area contributed by atoms with Gasteiger partial charge < -0.3 is 5.32 Å². The van der Waals surface area contributed by atoms with Crippen LogP contribution in [0.25, 0.3) is 0 Å². The Balaban J connectivity index is 1.94. The summed E-state index contributed by atoms with van der Waals surface area (Å²) in [5, 5.41) is 7.22. The van der Waals surface area contributed by atoms with E-state index in [-0.39, 0.29) is 5.82 Å². The zero-order chi connectivity index (χ0) is 11.4. The second-order valence-electron chi connectivity index (χ2n) is 3.62. The molecule has 0 radical (unpaired) electrons.